The van der Waals surface area contributed by atoms with Crippen LogP contribution in [0.15, 0.2) is 24.3 Å². The fourth-order valence-electron chi connectivity index (χ4n) is 3.45. The van der Waals surface area contributed by atoms with E-state index < -0.39 is 11.7 Å². The summed E-state index contributed by atoms with van der Waals surface area (Å²) in [6, 6.07) is 5.73. The van der Waals surface area contributed by atoms with Crippen LogP contribution in [0.2, 0.25) is 0 Å². The van der Waals surface area contributed by atoms with Gasteiger partial charge < -0.3 is 9.88 Å². The molecule has 2 heterocycles. The molecule has 0 spiro atoms. The summed E-state index contributed by atoms with van der Waals surface area (Å²) in [4.78, 5) is 13.7. The number of fused-ring (bicyclic) bond motifs is 1. The molecule has 1 aliphatic heterocycles. The quantitative estimate of drug-likeness (QED) is 0.797. The lowest BCUT2D eigenvalue weighted by molar-refractivity contribution is -0.138. The number of halogens is 3. The molecule has 0 radical (unpaired) electrons. The Morgan fingerprint density at radius 3 is 2.66 bits per heavy atom. The third-order valence-corrected chi connectivity index (χ3v) is 5.08. The fourth-order valence-corrected chi connectivity index (χ4v) is 3.45. The van der Waals surface area contributed by atoms with Gasteiger partial charge in [-0.2, -0.15) is 13.2 Å². The second-order valence-corrected chi connectivity index (χ2v) is 7.56. The number of amides is 1. The van der Waals surface area contributed by atoms with Crippen molar-refractivity contribution >= 4 is 5.91 Å². The maximum absolute atomic E-state index is 13.3. The Balaban J connectivity index is 1.62. The summed E-state index contributed by atoms with van der Waals surface area (Å²) in [5, 5.41) is 11.3. The third kappa shape index (κ3) is 5.35. The number of aromatic nitrogens is 3. The number of carbonyl (C=O) groups excluding carboxylic acids is 1. The topological polar surface area (TPSA) is 63.1 Å². The molecule has 3 rings (SSSR count). The maximum Gasteiger partial charge on any atom is 0.416 e. The van der Waals surface area contributed by atoms with E-state index in [9.17, 15) is 18.0 Å². The normalized spacial score (nSPS) is 15.2. The lowest BCUT2D eigenvalue weighted by Crippen LogP contribution is -2.30. The van der Waals surface area contributed by atoms with Crippen molar-refractivity contribution in [2.24, 2.45) is 5.92 Å². The molecule has 1 aromatic carbocycles. The van der Waals surface area contributed by atoms with E-state index in [4.69, 9.17) is 0 Å². The highest BCUT2D eigenvalue weighted by Gasteiger charge is 2.33. The summed E-state index contributed by atoms with van der Waals surface area (Å²) in [6.07, 6.45) is -3.16. The van der Waals surface area contributed by atoms with Gasteiger partial charge in [0.05, 0.1) is 5.56 Å². The van der Waals surface area contributed by atoms with Crippen molar-refractivity contribution in [3.05, 3.63) is 47.0 Å². The van der Waals surface area contributed by atoms with Gasteiger partial charge in [0, 0.05) is 51.5 Å². The van der Waals surface area contributed by atoms with Crippen molar-refractivity contribution in [1.82, 2.24) is 25.0 Å². The van der Waals surface area contributed by atoms with Crippen molar-refractivity contribution in [2.75, 3.05) is 19.6 Å². The van der Waals surface area contributed by atoms with Gasteiger partial charge in [0.15, 0.2) is 0 Å². The zero-order valence-corrected chi connectivity index (χ0v) is 16.7. The number of carbonyl (C=O) groups is 1. The van der Waals surface area contributed by atoms with Gasteiger partial charge in [-0.25, -0.2) is 0 Å². The molecule has 9 heteroatoms. The molecule has 1 amide bonds. The van der Waals surface area contributed by atoms with E-state index in [-0.39, 0.29) is 23.9 Å². The van der Waals surface area contributed by atoms with Crippen LogP contribution in [0.25, 0.3) is 0 Å². The molecule has 29 heavy (non-hydrogen) atoms. The number of nitrogens with zero attached hydrogens (tertiary/aromatic N) is 4. The molecule has 0 saturated carbocycles. The van der Waals surface area contributed by atoms with Gasteiger partial charge >= 0.3 is 6.18 Å². The number of benzene rings is 1. The maximum atomic E-state index is 13.3. The van der Waals surface area contributed by atoms with Crippen molar-refractivity contribution in [3.63, 3.8) is 0 Å². The van der Waals surface area contributed by atoms with Crippen molar-refractivity contribution in [2.45, 2.75) is 46.0 Å². The van der Waals surface area contributed by atoms with Crippen molar-refractivity contribution < 1.29 is 18.0 Å². The second-order valence-electron chi connectivity index (χ2n) is 7.56. The zero-order valence-electron chi connectivity index (χ0n) is 16.7. The van der Waals surface area contributed by atoms with Gasteiger partial charge in [-0.05, 0) is 11.6 Å². The summed E-state index contributed by atoms with van der Waals surface area (Å²) in [7, 11) is 0. The monoisotopic (exact) mass is 409 g/mol. The molecule has 0 saturated heterocycles. The molecule has 158 valence electrons. The summed E-state index contributed by atoms with van der Waals surface area (Å²) in [5.74, 6) is 1.55. The van der Waals surface area contributed by atoms with Crippen LogP contribution >= 0.6 is 0 Å². The first kappa shape index (κ1) is 21.3. The molecule has 1 aliphatic rings. The van der Waals surface area contributed by atoms with E-state index in [1.807, 2.05) is 23.3 Å². The summed E-state index contributed by atoms with van der Waals surface area (Å²) < 4.78 is 41.8. The Morgan fingerprint density at radius 1 is 1.17 bits per heavy atom. The zero-order chi connectivity index (χ0) is 21.0. The molecule has 1 N–H and O–H groups in total. The summed E-state index contributed by atoms with van der Waals surface area (Å²) >= 11 is 0. The molecule has 6 nitrogen and oxygen atoms in total. The Hall–Kier alpha value is -2.42. The molecule has 0 atom stereocenters. The largest absolute Gasteiger partial charge is 0.416 e. The Bertz CT molecular complexity index is 847. The van der Waals surface area contributed by atoms with Gasteiger partial charge in [-0.3, -0.25) is 9.69 Å². The molecule has 0 fully saturated rings. The third-order valence-electron chi connectivity index (χ3n) is 5.08. The second kappa shape index (κ2) is 8.94. The highest BCUT2D eigenvalue weighted by Crippen LogP contribution is 2.32. The number of hydrogen-bond acceptors (Lipinski definition) is 4. The molecule has 0 bridgehead atoms. The van der Waals surface area contributed by atoms with Gasteiger partial charge in [-0.15, -0.1) is 10.2 Å². The van der Waals surface area contributed by atoms with E-state index in [0.717, 1.165) is 17.7 Å². The number of alkyl halides is 3. The van der Waals surface area contributed by atoms with Crippen molar-refractivity contribution in [1.29, 1.82) is 0 Å². The van der Waals surface area contributed by atoms with Crippen LogP contribution in [0.5, 0.6) is 0 Å². The van der Waals surface area contributed by atoms with Crippen LogP contribution in [0, 0.1) is 5.92 Å². The van der Waals surface area contributed by atoms with Gasteiger partial charge in [0.25, 0.3) is 0 Å². The first-order valence-corrected chi connectivity index (χ1v) is 9.82. The first-order valence-electron chi connectivity index (χ1n) is 9.82. The van der Waals surface area contributed by atoms with Gasteiger partial charge in [0.2, 0.25) is 5.91 Å². The van der Waals surface area contributed by atoms with E-state index >= 15 is 0 Å². The van der Waals surface area contributed by atoms with E-state index in [2.05, 4.69) is 15.5 Å². The predicted octanol–water partition coefficient (Wildman–Crippen LogP) is 2.67. The smallest absolute Gasteiger partial charge is 0.355 e. The summed E-state index contributed by atoms with van der Waals surface area (Å²) in [5.41, 5.74) is -0.292. The summed E-state index contributed by atoms with van der Waals surface area (Å²) in [6.45, 7) is 6.25. The van der Waals surface area contributed by atoms with Crippen LogP contribution in [-0.2, 0) is 36.9 Å². The molecule has 1 aromatic heterocycles. The van der Waals surface area contributed by atoms with E-state index in [1.165, 1.54) is 12.1 Å². The van der Waals surface area contributed by atoms with Crippen LogP contribution in [0.4, 0.5) is 13.2 Å². The van der Waals surface area contributed by atoms with E-state index in [0.29, 0.717) is 39.0 Å². The fraction of sp³-hybridized carbons (Fsp3) is 0.550. The highest BCUT2D eigenvalue weighted by molar-refractivity contribution is 5.77. The van der Waals surface area contributed by atoms with Crippen molar-refractivity contribution in [3.8, 4) is 0 Å². The molecule has 0 aliphatic carbocycles. The van der Waals surface area contributed by atoms with Gasteiger partial charge in [0.1, 0.15) is 11.6 Å². The van der Waals surface area contributed by atoms with Crippen LogP contribution < -0.4 is 5.32 Å². The minimum Gasteiger partial charge on any atom is -0.355 e. The number of nitrogens with one attached hydrogen (secondary N) is 1. The minimum absolute atomic E-state index is 0.00453. The molecular formula is C20H26F3N5O. The average molecular weight is 409 g/mol. The SMILES string of the molecule is CC(C)C(=O)NCCc1nnc2n1CCN(Cc1ccccc1C(F)(F)F)CC2. The molecular weight excluding hydrogens is 383 g/mol. The lowest BCUT2D eigenvalue weighted by Gasteiger charge is -2.22. The molecule has 0 unspecified atom stereocenters. The van der Waals surface area contributed by atoms with Crippen LogP contribution in [-0.4, -0.2) is 45.2 Å². The van der Waals surface area contributed by atoms with Gasteiger partial charge in [-0.1, -0.05) is 32.0 Å². The highest BCUT2D eigenvalue weighted by atomic mass is 19.4. The lowest BCUT2D eigenvalue weighted by atomic mass is 10.1. The van der Waals surface area contributed by atoms with Crippen LogP contribution in [0.3, 0.4) is 0 Å². The Kier molecular flexibility index (Phi) is 6.56. The first-order chi connectivity index (χ1) is 13.8. The predicted molar refractivity (Wildman–Crippen MR) is 102 cm³/mol. The number of rotatable bonds is 6. The minimum atomic E-state index is -4.35. The van der Waals surface area contributed by atoms with E-state index in [1.54, 1.807) is 6.07 Å². The standard InChI is InChI=1S/C20H26F3N5O/c1-14(2)19(29)24-9-7-17-25-26-18-8-10-27(11-12-28(17)18)13-15-5-3-4-6-16(15)20(21,22)23/h3-6,14H,7-13H2,1-2H3,(H,24,29). The van der Waals surface area contributed by atoms with Crippen LogP contribution in [0.1, 0.15) is 36.6 Å². The Morgan fingerprint density at radius 2 is 1.93 bits per heavy atom. The number of hydrogen-bond donors (Lipinski definition) is 1. The molecule has 2 aromatic rings. The average Bonchev–Trinajstić information content (AvgIpc) is 2.93. The Labute approximate surface area is 168 Å².